The first-order valence-electron chi connectivity index (χ1n) is 12.3. The highest BCUT2D eigenvalue weighted by Crippen LogP contribution is 2.37. The van der Waals surface area contributed by atoms with Gasteiger partial charge in [0.1, 0.15) is 11.7 Å². The first-order chi connectivity index (χ1) is 19.2. The molecule has 4 N–H and O–H groups in total. The van der Waals surface area contributed by atoms with Gasteiger partial charge < -0.3 is 25.8 Å². The topological polar surface area (TPSA) is 116 Å². The van der Waals surface area contributed by atoms with Crippen LogP contribution in [-0.2, 0) is 10.3 Å². The Balaban J connectivity index is 1.97. The van der Waals surface area contributed by atoms with Gasteiger partial charge in [-0.2, -0.15) is 13.2 Å². The number of amides is 2. The van der Waals surface area contributed by atoms with Crippen LogP contribution in [0.3, 0.4) is 0 Å². The summed E-state index contributed by atoms with van der Waals surface area (Å²) in [4.78, 5) is 28.1. The third kappa shape index (κ3) is 7.86. The van der Waals surface area contributed by atoms with Gasteiger partial charge in [0, 0.05) is 23.2 Å². The number of nitrogens with two attached hydrogens (primary N) is 1. The zero-order chi connectivity index (χ0) is 30.5. The van der Waals surface area contributed by atoms with Gasteiger partial charge in [0.2, 0.25) is 0 Å². The van der Waals surface area contributed by atoms with Crippen LogP contribution >= 0.6 is 11.6 Å². The van der Waals surface area contributed by atoms with Gasteiger partial charge in [-0.1, -0.05) is 11.6 Å². The Morgan fingerprint density at radius 1 is 1.07 bits per heavy atom. The van der Waals surface area contributed by atoms with E-state index >= 15 is 0 Å². The Labute approximate surface area is 239 Å². The maximum Gasteiger partial charge on any atom is 0.398 e. The number of carbonyl (C=O) groups excluding carboxylic acids is 2. The number of pyridine rings is 1. The largest absolute Gasteiger partial charge is 0.493 e. The van der Waals surface area contributed by atoms with E-state index in [1.165, 1.54) is 43.5 Å². The Morgan fingerprint density at radius 2 is 1.78 bits per heavy atom. The maximum atomic E-state index is 14.4. The monoisotopic (exact) mass is 596 g/mol. The molecule has 0 radical (unpaired) electrons. The Hall–Kier alpha value is -3.90. The molecule has 1 unspecified atom stereocenters. The van der Waals surface area contributed by atoms with E-state index in [2.05, 4.69) is 15.6 Å². The summed E-state index contributed by atoms with van der Waals surface area (Å²) < 4.78 is 67.3. The molecule has 2 amide bonds. The van der Waals surface area contributed by atoms with Crippen LogP contribution < -0.4 is 25.8 Å². The minimum Gasteiger partial charge on any atom is -0.493 e. The van der Waals surface area contributed by atoms with Crippen LogP contribution in [-0.4, -0.2) is 50.3 Å². The summed E-state index contributed by atoms with van der Waals surface area (Å²) in [6, 6.07) is 10.6. The summed E-state index contributed by atoms with van der Waals surface area (Å²) in [6.07, 6.45) is -4.79. The molecule has 0 bridgehead atoms. The number of hydrogen-bond acceptors (Lipinski definition) is 6. The second kappa shape index (κ2) is 12.7. The molecular weight excluding hydrogens is 568 g/mol. The number of ether oxygens (including phenoxy) is 2. The zero-order valence-corrected chi connectivity index (χ0v) is 23.4. The number of methoxy groups -OCH3 is 1. The van der Waals surface area contributed by atoms with Crippen LogP contribution in [0.15, 0.2) is 48.5 Å². The van der Waals surface area contributed by atoms with E-state index in [1.807, 2.05) is 0 Å². The molecule has 1 aromatic heterocycles. The SMILES string of the molecule is CNC(C)(C)c1cc(-c2ccc(F)c(Cl)c2)nc(C(CNC(=O)c2ccc(OCC(N)=O)c(OC)c2)C(F)(F)F)c1. The third-order valence-electron chi connectivity index (χ3n) is 6.42. The highest BCUT2D eigenvalue weighted by Gasteiger charge is 2.42. The Kier molecular flexibility index (Phi) is 9.82. The van der Waals surface area contributed by atoms with Crippen molar-refractivity contribution in [3.05, 3.63) is 76.2 Å². The first-order valence-corrected chi connectivity index (χ1v) is 12.6. The molecule has 41 heavy (non-hydrogen) atoms. The van der Waals surface area contributed by atoms with E-state index in [0.29, 0.717) is 11.1 Å². The molecule has 13 heteroatoms. The van der Waals surface area contributed by atoms with E-state index in [-0.39, 0.29) is 33.5 Å². The number of nitrogens with zero attached hydrogens (tertiary/aromatic N) is 1. The lowest BCUT2D eigenvalue weighted by Crippen LogP contribution is -2.37. The van der Waals surface area contributed by atoms with E-state index in [4.69, 9.17) is 26.8 Å². The van der Waals surface area contributed by atoms with Gasteiger partial charge in [-0.15, -0.1) is 0 Å². The summed E-state index contributed by atoms with van der Waals surface area (Å²) >= 11 is 5.92. The van der Waals surface area contributed by atoms with Crippen molar-refractivity contribution in [2.45, 2.75) is 31.5 Å². The molecule has 0 saturated carbocycles. The maximum absolute atomic E-state index is 14.4. The van der Waals surface area contributed by atoms with Gasteiger partial charge in [0.05, 0.1) is 23.5 Å². The Bertz CT molecular complexity index is 1430. The number of benzene rings is 2. The highest BCUT2D eigenvalue weighted by atomic mass is 35.5. The summed E-state index contributed by atoms with van der Waals surface area (Å²) in [6.45, 7) is 2.30. The standard InChI is InChI=1S/C28H29ClF4N4O4/c1-27(2,35-3)17-11-21(15-5-7-20(30)19(29)9-15)37-22(12-17)18(28(31,32)33)13-36-26(39)16-6-8-23(24(10-16)40-4)41-14-25(34)38/h5-12,18,35H,13-14H2,1-4H3,(H2,34,38)(H,36,39). The number of alkyl halides is 3. The molecule has 220 valence electrons. The fourth-order valence-corrected chi connectivity index (χ4v) is 3.98. The van der Waals surface area contributed by atoms with Crippen molar-refractivity contribution in [1.29, 1.82) is 0 Å². The predicted molar refractivity (Wildman–Crippen MR) is 146 cm³/mol. The average molecular weight is 597 g/mol. The van der Waals surface area contributed by atoms with Crippen molar-refractivity contribution in [3.8, 4) is 22.8 Å². The van der Waals surface area contributed by atoms with Crippen molar-refractivity contribution in [2.24, 2.45) is 5.73 Å². The van der Waals surface area contributed by atoms with Crippen LogP contribution in [0.1, 0.15) is 41.4 Å². The molecule has 3 aromatic rings. The number of nitrogens with one attached hydrogen (secondary N) is 2. The molecule has 0 fully saturated rings. The van der Waals surface area contributed by atoms with Crippen molar-refractivity contribution in [3.63, 3.8) is 0 Å². The molecule has 3 rings (SSSR count). The fourth-order valence-electron chi connectivity index (χ4n) is 3.80. The molecule has 8 nitrogen and oxygen atoms in total. The molecule has 0 spiro atoms. The molecular formula is C28H29ClF4N4O4. The van der Waals surface area contributed by atoms with Gasteiger partial charge in [0.15, 0.2) is 18.1 Å². The van der Waals surface area contributed by atoms with Crippen molar-refractivity contribution >= 4 is 23.4 Å². The predicted octanol–water partition coefficient (Wildman–Crippen LogP) is 4.94. The second-order valence-electron chi connectivity index (χ2n) is 9.59. The number of rotatable bonds is 11. The van der Waals surface area contributed by atoms with E-state index in [0.717, 1.165) is 6.07 Å². The number of primary amides is 1. The van der Waals surface area contributed by atoms with E-state index in [9.17, 15) is 27.2 Å². The van der Waals surface area contributed by atoms with Gasteiger partial charge >= 0.3 is 6.18 Å². The molecule has 0 aliphatic rings. The minimum absolute atomic E-state index is 0.00568. The van der Waals surface area contributed by atoms with Crippen LogP contribution in [0, 0.1) is 5.82 Å². The highest BCUT2D eigenvalue weighted by molar-refractivity contribution is 6.31. The first kappa shape index (κ1) is 31.6. The molecule has 0 aliphatic heterocycles. The summed E-state index contributed by atoms with van der Waals surface area (Å²) in [5, 5.41) is 5.17. The average Bonchev–Trinajstić information content (AvgIpc) is 2.92. The van der Waals surface area contributed by atoms with E-state index in [1.54, 1.807) is 27.0 Å². The minimum atomic E-state index is -4.79. The molecule has 1 heterocycles. The number of aromatic nitrogens is 1. The van der Waals surface area contributed by atoms with Gasteiger partial charge in [-0.05, 0) is 75.0 Å². The van der Waals surface area contributed by atoms with Gasteiger partial charge in [-0.3, -0.25) is 14.6 Å². The molecule has 1 atom stereocenters. The van der Waals surface area contributed by atoms with Crippen LogP contribution in [0.2, 0.25) is 5.02 Å². The Morgan fingerprint density at radius 3 is 2.37 bits per heavy atom. The summed E-state index contributed by atoms with van der Waals surface area (Å²) in [5.41, 5.74) is 4.91. The summed E-state index contributed by atoms with van der Waals surface area (Å²) in [7, 11) is 2.96. The lowest BCUT2D eigenvalue weighted by molar-refractivity contribution is -0.149. The molecule has 2 aromatic carbocycles. The lowest BCUT2D eigenvalue weighted by atomic mass is 9.90. The fraction of sp³-hybridized carbons (Fsp3) is 0.321. The normalized spacial score (nSPS) is 12.5. The lowest BCUT2D eigenvalue weighted by Gasteiger charge is -2.28. The number of carbonyl (C=O) groups is 2. The van der Waals surface area contributed by atoms with Crippen molar-refractivity contribution < 1.29 is 36.6 Å². The van der Waals surface area contributed by atoms with Crippen LogP contribution in [0.4, 0.5) is 17.6 Å². The van der Waals surface area contributed by atoms with E-state index < -0.39 is 48.4 Å². The number of hydrogen-bond donors (Lipinski definition) is 3. The molecule has 0 saturated heterocycles. The second-order valence-corrected chi connectivity index (χ2v) is 10.0. The van der Waals surface area contributed by atoms with Gasteiger partial charge in [0.25, 0.3) is 11.8 Å². The van der Waals surface area contributed by atoms with Crippen LogP contribution in [0.25, 0.3) is 11.3 Å². The third-order valence-corrected chi connectivity index (χ3v) is 6.71. The smallest absolute Gasteiger partial charge is 0.398 e. The van der Waals surface area contributed by atoms with Gasteiger partial charge in [-0.25, -0.2) is 4.39 Å². The quantitative estimate of drug-likeness (QED) is 0.270. The summed E-state index contributed by atoms with van der Waals surface area (Å²) in [5.74, 6) is -4.20. The van der Waals surface area contributed by atoms with Crippen LogP contribution in [0.5, 0.6) is 11.5 Å². The zero-order valence-electron chi connectivity index (χ0n) is 22.7. The van der Waals surface area contributed by atoms with Crippen molar-refractivity contribution in [1.82, 2.24) is 15.6 Å². The molecule has 0 aliphatic carbocycles. The van der Waals surface area contributed by atoms with Crippen molar-refractivity contribution in [2.75, 3.05) is 27.3 Å². The number of halogens is 5.